The van der Waals surface area contributed by atoms with Crippen LogP contribution in [0.2, 0.25) is 0 Å². The number of ether oxygens (including phenoxy) is 1. The topological polar surface area (TPSA) is 64.3 Å². The minimum Gasteiger partial charge on any atom is -0.389 e. The molecule has 0 aliphatic heterocycles. The first-order chi connectivity index (χ1) is 9.08. The fourth-order valence-electron chi connectivity index (χ4n) is 2.13. The lowest BCUT2D eigenvalue weighted by molar-refractivity contribution is -0.122. The summed E-state index contributed by atoms with van der Waals surface area (Å²) in [5.74, 6) is 0.0441. The molecule has 0 radical (unpaired) electrons. The van der Waals surface area contributed by atoms with E-state index in [0.717, 1.165) is 24.0 Å². The Morgan fingerprint density at radius 2 is 2.05 bits per heavy atom. The summed E-state index contributed by atoms with van der Waals surface area (Å²) in [6.07, 6.45) is 2.49. The minimum absolute atomic E-state index is 0.0441. The molecule has 1 saturated carbocycles. The van der Waals surface area contributed by atoms with Crippen LogP contribution in [0.15, 0.2) is 24.3 Å². The summed E-state index contributed by atoms with van der Waals surface area (Å²) >= 11 is 4.88. The van der Waals surface area contributed by atoms with Crippen LogP contribution < -0.4 is 11.1 Å². The van der Waals surface area contributed by atoms with Crippen LogP contribution in [-0.2, 0) is 16.0 Å². The van der Waals surface area contributed by atoms with E-state index in [1.165, 1.54) is 0 Å². The standard InChI is InChI=1S/C14H18N2O2S/c1-18-12-7-11(8-12)16-13(17)6-9-2-4-10(5-3-9)14(15)19/h2-5,11-12H,6-8H2,1H3,(H2,15,19)(H,16,17). The van der Waals surface area contributed by atoms with Crippen molar-refractivity contribution in [2.24, 2.45) is 5.73 Å². The van der Waals surface area contributed by atoms with Gasteiger partial charge in [-0.15, -0.1) is 0 Å². The van der Waals surface area contributed by atoms with Crippen LogP contribution in [0.25, 0.3) is 0 Å². The zero-order chi connectivity index (χ0) is 13.8. The molecule has 0 spiro atoms. The van der Waals surface area contributed by atoms with E-state index in [1.807, 2.05) is 24.3 Å². The van der Waals surface area contributed by atoms with Gasteiger partial charge in [0, 0.05) is 18.7 Å². The SMILES string of the molecule is COC1CC(NC(=O)Cc2ccc(C(N)=S)cc2)C1. The van der Waals surface area contributed by atoms with Gasteiger partial charge in [-0.2, -0.15) is 0 Å². The zero-order valence-corrected chi connectivity index (χ0v) is 11.7. The fraction of sp³-hybridized carbons (Fsp3) is 0.429. The number of amides is 1. The van der Waals surface area contributed by atoms with Crippen molar-refractivity contribution in [2.75, 3.05) is 7.11 Å². The highest BCUT2D eigenvalue weighted by Gasteiger charge is 2.29. The van der Waals surface area contributed by atoms with Crippen LogP contribution in [0.3, 0.4) is 0 Å². The van der Waals surface area contributed by atoms with E-state index in [2.05, 4.69) is 5.32 Å². The predicted octanol–water partition coefficient (Wildman–Crippen LogP) is 1.16. The van der Waals surface area contributed by atoms with Crippen molar-refractivity contribution in [3.63, 3.8) is 0 Å². The van der Waals surface area contributed by atoms with Gasteiger partial charge in [0.1, 0.15) is 4.99 Å². The summed E-state index contributed by atoms with van der Waals surface area (Å²) in [6, 6.07) is 7.71. The number of rotatable bonds is 5. The largest absolute Gasteiger partial charge is 0.389 e. The predicted molar refractivity (Wildman–Crippen MR) is 78.0 cm³/mol. The molecular weight excluding hydrogens is 260 g/mol. The molecule has 0 unspecified atom stereocenters. The van der Waals surface area contributed by atoms with E-state index < -0.39 is 0 Å². The quantitative estimate of drug-likeness (QED) is 0.793. The molecule has 0 bridgehead atoms. The first-order valence-electron chi connectivity index (χ1n) is 6.29. The first-order valence-corrected chi connectivity index (χ1v) is 6.70. The third-order valence-corrected chi connectivity index (χ3v) is 3.63. The van der Waals surface area contributed by atoms with E-state index in [1.54, 1.807) is 7.11 Å². The number of hydrogen-bond acceptors (Lipinski definition) is 3. The number of thiocarbonyl (C=S) groups is 1. The highest BCUT2D eigenvalue weighted by Crippen LogP contribution is 2.22. The molecule has 4 nitrogen and oxygen atoms in total. The summed E-state index contributed by atoms with van der Waals surface area (Å²) in [5, 5.41) is 3.00. The lowest BCUT2D eigenvalue weighted by atomic mass is 9.89. The molecule has 2 rings (SSSR count). The van der Waals surface area contributed by atoms with Gasteiger partial charge in [-0.3, -0.25) is 4.79 Å². The van der Waals surface area contributed by atoms with Gasteiger partial charge in [0.15, 0.2) is 0 Å². The average Bonchev–Trinajstić information content (AvgIpc) is 2.33. The average molecular weight is 278 g/mol. The molecule has 0 aromatic heterocycles. The number of benzene rings is 1. The Bertz CT molecular complexity index is 467. The maximum absolute atomic E-state index is 11.8. The highest BCUT2D eigenvalue weighted by atomic mass is 32.1. The molecule has 19 heavy (non-hydrogen) atoms. The Morgan fingerprint density at radius 1 is 1.42 bits per heavy atom. The van der Waals surface area contributed by atoms with E-state index >= 15 is 0 Å². The van der Waals surface area contributed by atoms with Crippen LogP contribution in [0.1, 0.15) is 24.0 Å². The number of carbonyl (C=O) groups excluding carboxylic acids is 1. The van der Waals surface area contributed by atoms with Crippen LogP contribution in [0, 0.1) is 0 Å². The van der Waals surface area contributed by atoms with Gasteiger partial charge in [0.2, 0.25) is 5.91 Å². The minimum atomic E-state index is 0.0441. The second-order valence-corrected chi connectivity index (χ2v) is 5.27. The number of nitrogens with two attached hydrogens (primary N) is 1. The second kappa shape index (κ2) is 6.12. The Hall–Kier alpha value is -1.46. The van der Waals surface area contributed by atoms with E-state index in [0.29, 0.717) is 17.5 Å². The zero-order valence-electron chi connectivity index (χ0n) is 10.9. The molecule has 1 aliphatic rings. The van der Waals surface area contributed by atoms with Gasteiger partial charge in [-0.05, 0) is 18.4 Å². The second-order valence-electron chi connectivity index (χ2n) is 4.83. The highest BCUT2D eigenvalue weighted by molar-refractivity contribution is 7.80. The van der Waals surface area contributed by atoms with Crippen LogP contribution in [0.4, 0.5) is 0 Å². The number of methoxy groups -OCH3 is 1. The summed E-state index contributed by atoms with van der Waals surface area (Å²) < 4.78 is 5.18. The van der Waals surface area contributed by atoms with Crippen molar-refractivity contribution in [1.29, 1.82) is 0 Å². The number of carbonyl (C=O) groups is 1. The van der Waals surface area contributed by atoms with E-state index in [-0.39, 0.29) is 11.9 Å². The van der Waals surface area contributed by atoms with Crippen molar-refractivity contribution >= 4 is 23.1 Å². The first kappa shape index (κ1) is 14.0. The monoisotopic (exact) mass is 278 g/mol. The third kappa shape index (κ3) is 3.75. The smallest absolute Gasteiger partial charge is 0.224 e. The maximum Gasteiger partial charge on any atom is 0.224 e. The van der Waals surface area contributed by atoms with Crippen molar-refractivity contribution in [1.82, 2.24) is 5.32 Å². The van der Waals surface area contributed by atoms with Gasteiger partial charge in [-0.25, -0.2) is 0 Å². The van der Waals surface area contributed by atoms with Crippen LogP contribution >= 0.6 is 12.2 Å². The molecule has 102 valence electrons. The maximum atomic E-state index is 11.8. The van der Waals surface area contributed by atoms with Crippen molar-refractivity contribution in [3.8, 4) is 0 Å². The van der Waals surface area contributed by atoms with Gasteiger partial charge in [-0.1, -0.05) is 36.5 Å². The molecule has 1 amide bonds. The Kier molecular flexibility index (Phi) is 4.50. The third-order valence-electron chi connectivity index (χ3n) is 3.40. The molecule has 0 heterocycles. The van der Waals surface area contributed by atoms with Gasteiger partial charge < -0.3 is 15.8 Å². The van der Waals surface area contributed by atoms with Gasteiger partial charge in [0.05, 0.1) is 12.5 Å². The molecule has 1 aromatic carbocycles. The van der Waals surface area contributed by atoms with Crippen molar-refractivity contribution < 1.29 is 9.53 Å². The summed E-state index contributed by atoms with van der Waals surface area (Å²) in [5.41, 5.74) is 7.30. The molecule has 3 N–H and O–H groups in total. The molecule has 5 heteroatoms. The molecule has 1 aliphatic carbocycles. The Balaban J connectivity index is 1.80. The lowest BCUT2D eigenvalue weighted by Gasteiger charge is -2.34. The van der Waals surface area contributed by atoms with Crippen molar-refractivity contribution in [3.05, 3.63) is 35.4 Å². The van der Waals surface area contributed by atoms with Crippen LogP contribution in [-0.4, -0.2) is 30.2 Å². The summed E-state index contributed by atoms with van der Waals surface area (Å²) in [4.78, 5) is 12.2. The summed E-state index contributed by atoms with van der Waals surface area (Å²) in [6.45, 7) is 0. The molecule has 1 aromatic rings. The van der Waals surface area contributed by atoms with Crippen molar-refractivity contribution in [2.45, 2.75) is 31.4 Å². The number of nitrogens with one attached hydrogen (secondary N) is 1. The molecule has 0 atom stereocenters. The molecule has 0 saturated heterocycles. The lowest BCUT2D eigenvalue weighted by Crippen LogP contribution is -2.47. The van der Waals surface area contributed by atoms with E-state index in [9.17, 15) is 4.79 Å². The number of hydrogen-bond donors (Lipinski definition) is 2. The fourth-order valence-corrected chi connectivity index (χ4v) is 2.26. The Labute approximate surface area is 118 Å². The normalized spacial score (nSPS) is 21.5. The molecule has 1 fully saturated rings. The van der Waals surface area contributed by atoms with Gasteiger partial charge >= 0.3 is 0 Å². The molecular formula is C14H18N2O2S. The van der Waals surface area contributed by atoms with E-state index in [4.69, 9.17) is 22.7 Å². The van der Waals surface area contributed by atoms with Crippen LogP contribution in [0.5, 0.6) is 0 Å². The van der Waals surface area contributed by atoms with Gasteiger partial charge in [0.25, 0.3) is 0 Å². The Morgan fingerprint density at radius 3 is 2.58 bits per heavy atom. The summed E-state index contributed by atoms with van der Waals surface area (Å²) in [7, 11) is 1.70.